The normalized spacial score (nSPS) is 10.2. The molecule has 0 saturated heterocycles. The van der Waals surface area contributed by atoms with E-state index in [4.69, 9.17) is 28.3 Å². The zero-order valence-electron chi connectivity index (χ0n) is 15.6. The number of aromatic nitrogens is 8. The third-order valence-electron chi connectivity index (χ3n) is 3.54. The van der Waals surface area contributed by atoms with Crippen molar-refractivity contribution in [2.75, 3.05) is 7.11 Å². The van der Waals surface area contributed by atoms with Crippen LogP contribution in [0.15, 0.2) is 49.3 Å². The molecule has 0 amide bonds. The van der Waals surface area contributed by atoms with Gasteiger partial charge >= 0.3 is 11.9 Å². The van der Waals surface area contributed by atoms with Crippen LogP contribution in [0.3, 0.4) is 0 Å². The van der Waals surface area contributed by atoms with Crippen LogP contribution in [0.2, 0.25) is 10.3 Å². The first-order chi connectivity index (χ1) is 14.9. The molecule has 0 atom stereocenters. The first-order valence-electron chi connectivity index (χ1n) is 8.26. The van der Waals surface area contributed by atoms with Crippen molar-refractivity contribution in [2.45, 2.75) is 0 Å². The number of rotatable bonds is 4. The molecule has 0 unspecified atom stereocenters. The van der Waals surface area contributed by atoms with E-state index in [0.29, 0.717) is 16.8 Å². The molecular formula is C17H12Cl2N8O4. The van der Waals surface area contributed by atoms with E-state index in [0.717, 1.165) is 0 Å². The Labute approximate surface area is 184 Å². The van der Waals surface area contributed by atoms with Gasteiger partial charge < -0.3 is 9.84 Å². The zero-order chi connectivity index (χ0) is 22.4. The van der Waals surface area contributed by atoms with Crippen molar-refractivity contribution >= 4 is 35.1 Å². The number of hydrogen-bond donors (Lipinski definition) is 1. The topological polar surface area (TPSA) is 151 Å². The molecule has 158 valence electrons. The van der Waals surface area contributed by atoms with Crippen molar-refractivity contribution in [1.82, 2.24) is 39.5 Å². The maximum atomic E-state index is 11.2. The Morgan fingerprint density at radius 1 is 0.839 bits per heavy atom. The minimum absolute atomic E-state index is 0.0493. The van der Waals surface area contributed by atoms with Crippen LogP contribution in [0.4, 0.5) is 0 Å². The van der Waals surface area contributed by atoms with Crippen molar-refractivity contribution in [1.29, 1.82) is 0 Å². The summed E-state index contributed by atoms with van der Waals surface area (Å²) < 4.78 is 7.54. The molecule has 1 N–H and O–H groups in total. The van der Waals surface area contributed by atoms with E-state index in [-0.39, 0.29) is 16.5 Å². The Balaban J connectivity index is 0.000000176. The number of carbonyl (C=O) groups is 2. The van der Waals surface area contributed by atoms with Crippen molar-refractivity contribution in [3.05, 3.63) is 71.0 Å². The summed E-state index contributed by atoms with van der Waals surface area (Å²) in [5.74, 6) is -0.609. The average Bonchev–Trinajstić information content (AvgIpc) is 3.45. The molecule has 0 aromatic carbocycles. The van der Waals surface area contributed by atoms with E-state index in [1.165, 1.54) is 36.7 Å². The molecule has 4 aromatic heterocycles. The minimum atomic E-state index is -1.09. The van der Waals surface area contributed by atoms with Crippen LogP contribution >= 0.6 is 23.2 Å². The van der Waals surface area contributed by atoms with Gasteiger partial charge in [0.25, 0.3) is 0 Å². The molecule has 0 bridgehead atoms. The third-order valence-corrected chi connectivity index (χ3v) is 3.95. The predicted molar refractivity (Wildman–Crippen MR) is 107 cm³/mol. The number of carboxylic acids is 1. The Morgan fingerprint density at radius 3 is 1.71 bits per heavy atom. The first kappa shape index (κ1) is 21.8. The lowest BCUT2D eigenvalue weighted by atomic mass is 10.5. The summed E-state index contributed by atoms with van der Waals surface area (Å²) in [5, 5.41) is 24.1. The maximum Gasteiger partial charge on any atom is 0.358 e. The lowest BCUT2D eigenvalue weighted by Gasteiger charge is -1.98. The van der Waals surface area contributed by atoms with Crippen molar-refractivity contribution in [3.8, 4) is 11.6 Å². The molecule has 0 spiro atoms. The van der Waals surface area contributed by atoms with Gasteiger partial charge in [-0.15, -0.1) is 20.4 Å². The number of esters is 1. The summed E-state index contributed by atoms with van der Waals surface area (Å²) in [6, 6.07) is 6.44. The number of imidazole rings is 2. The van der Waals surface area contributed by atoms with Crippen molar-refractivity contribution in [2.24, 2.45) is 0 Å². The van der Waals surface area contributed by atoms with Crippen LogP contribution in [0.5, 0.6) is 0 Å². The van der Waals surface area contributed by atoms with Gasteiger partial charge in [-0.1, -0.05) is 23.2 Å². The van der Waals surface area contributed by atoms with Gasteiger partial charge in [0.2, 0.25) is 0 Å². The molecule has 0 aliphatic rings. The Morgan fingerprint density at radius 2 is 1.32 bits per heavy atom. The Hall–Kier alpha value is -3.90. The van der Waals surface area contributed by atoms with Crippen LogP contribution in [0.1, 0.15) is 21.0 Å². The van der Waals surface area contributed by atoms with Crippen LogP contribution in [-0.4, -0.2) is 63.7 Å². The highest BCUT2D eigenvalue weighted by molar-refractivity contribution is 6.29. The Bertz CT molecular complexity index is 1190. The largest absolute Gasteiger partial charge is 0.476 e. The van der Waals surface area contributed by atoms with Crippen LogP contribution in [0, 0.1) is 0 Å². The zero-order valence-corrected chi connectivity index (χ0v) is 17.1. The second-order valence-corrected chi connectivity index (χ2v) is 6.33. The first-order valence-corrected chi connectivity index (χ1v) is 9.01. The van der Waals surface area contributed by atoms with Crippen molar-refractivity contribution in [3.63, 3.8) is 0 Å². The average molecular weight is 463 g/mol. The van der Waals surface area contributed by atoms with Crippen LogP contribution in [-0.2, 0) is 4.74 Å². The summed E-state index contributed by atoms with van der Waals surface area (Å²) in [5.41, 5.74) is 0.158. The molecule has 31 heavy (non-hydrogen) atoms. The molecule has 4 aromatic rings. The molecule has 12 nitrogen and oxygen atoms in total. The molecule has 4 heterocycles. The lowest BCUT2D eigenvalue weighted by Crippen LogP contribution is -2.01. The number of methoxy groups -OCH3 is 1. The SMILES string of the molecule is COC(=O)c1cn(-c2ccc(Cl)nn2)cn1.O=C(O)c1cn(-c2ccc(Cl)nn2)cn1. The number of ether oxygens (including phenoxy) is 1. The molecule has 4 rings (SSSR count). The van der Waals surface area contributed by atoms with Gasteiger partial charge in [-0.05, 0) is 24.3 Å². The molecule has 0 saturated carbocycles. The highest BCUT2D eigenvalue weighted by atomic mass is 35.5. The van der Waals surface area contributed by atoms with Gasteiger partial charge in [0, 0.05) is 12.4 Å². The fourth-order valence-corrected chi connectivity index (χ4v) is 2.31. The third kappa shape index (κ3) is 5.58. The van der Waals surface area contributed by atoms with Crippen LogP contribution < -0.4 is 0 Å². The van der Waals surface area contributed by atoms with Crippen LogP contribution in [0.25, 0.3) is 11.6 Å². The molecular weight excluding hydrogens is 451 g/mol. The quantitative estimate of drug-likeness (QED) is 0.446. The number of carbonyl (C=O) groups excluding carboxylic acids is 1. The van der Waals surface area contributed by atoms with Gasteiger partial charge in [-0.2, -0.15) is 0 Å². The van der Waals surface area contributed by atoms with E-state index >= 15 is 0 Å². The fraction of sp³-hybridized carbons (Fsp3) is 0.0588. The number of hydrogen-bond acceptors (Lipinski definition) is 9. The van der Waals surface area contributed by atoms with Gasteiger partial charge in [0.1, 0.15) is 12.7 Å². The highest BCUT2D eigenvalue weighted by Crippen LogP contribution is 2.09. The summed E-state index contributed by atoms with van der Waals surface area (Å²) in [6.07, 6.45) is 5.65. The smallest absolute Gasteiger partial charge is 0.358 e. The van der Waals surface area contributed by atoms with E-state index in [1.54, 1.807) is 28.8 Å². The van der Waals surface area contributed by atoms with E-state index in [1.807, 2.05) is 0 Å². The number of halogens is 2. The summed E-state index contributed by atoms with van der Waals surface area (Å²) >= 11 is 11.2. The summed E-state index contributed by atoms with van der Waals surface area (Å²) in [4.78, 5) is 29.3. The standard InChI is InChI=1S/C9H7ClN4O2.C8H5ClN4O2/c1-16-9(15)6-4-14(5-11-6)8-3-2-7(10)12-13-8;9-6-1-2-7(12-11-6)13-3-5(8(14)15)10-4-13/h2-5H,1H3;1-4H,(H,14,15). The number of nitrogens with zero attached hydrogens (tertiary/aromatic N) is 8. The number of aromatic carboxylic acids is 1. The van der Waals surface area contributed by atoms with Gasteiger partial charge in [-0.3, -0.25) is 9.13 Å². The number of carboxylic acid groups (broad SMARTS) is 1. The summed E-state index contributed by atoms with van der Waals surface area (Å²) in [6.45, 7) is 0. The monoisotopic (exact) mass is 462 g/mol. The van der Waals surface area contributed by atoms with Gasteiger partial charge in [-0.25, -0.2) is 19.6 Å². The minimum Gasteiger partial charge on any atom is -0.476 e. The van der Waals surface area contributed by atoms with E-state index in [2.05, 4.69) is 35.1 Å². The second-order valence-electron chi connectivity index (χ2n) is 5.56. The molecule has 14 heteroatoms. The maximum absolute atomic E-state index is 11.2. The predicted octanol–water partition coefficient (Wildman–Crippen LogP) is 2.12. The van der Waals surface area contributed by atoms with Gasteiger partial charge in [0.05, 0.1) is 7.11 Å². The van der Waals surface area contributed by atoms with Gasteiger partial charge in [0.15, 0.2) is 33.3 Å². The molecule has 0 aliphatic carbocycles. The fourth-order valence-electron chi connectivity index (χ4n) is 2.11. The van der Waals surface area contributed by atoms with E-state index in [9.17, 15) is 9.59 Å². The molecule has 0 aliphatic heterocycles. The molecule has 0 radical (unpaired) electrons. The summed E-state index contributed by atoms with van der Waals surface area (Å²) in [7, 11) is 1.30. The second kappa shape index (κ2) is 9.73. The lowest BCUT2D eigenvalue weighted by molar-refractivity contribution is 0.0593. The van der Waals surface area contributed by atoms with E-state index < -0.39 is 11.9 Å². The highest BCUT2D eigenvalue weighted by Gasteiger charge is 2.10. The molecule has 0 fully saturated rings. The Kier molecular flexibility index (Phi) is 6.85. The van der Waals surface area contributed by atoms with Crippen molar-refractivity contribution < 1.29 is 19.4 Å².